The number of hydrogen-bond acceptors (Lipinski definition) is 4. The minimum atomic E-state index is -0.466. The molecule has 2 aromatic rings. The van der Waals surface area contributed by atoms with Gasteiger partial charge in [-0.25, -0.2) is 4.79 Å². The van der Waals surface area contributed by atoms with E-state index in [1.54, 1.807) is 18.2 Å². The van der Waals surface area contributed by atoms with Crippen molar-refractivity contribution >= 4 is 34.8 Å². The van der Waals surface area contributed by atoms with Crippen molar-refractivity contribution in [2.75, 3.05) is 7.11 Å². The van der Waals surface area contributed by atoms with Gasteiger partial charge in [0.05, 0.1) is 12.7 Å². The van der Waals surface area contributed by atoms with Gasteiger partial charge in [-0.15, -0.1) is 0 Å². The maximum absolute atomic E-state index is 12.1. The van der Waals surface area contributed by atoms with Gasteiger partial charge in [-0.2, -0.15) is 0 Å². The number of esters is 1. The molecule has 0 bridgehead atoms. The molecule has 0 saturated heterocycles. The predicted octanol–water partition coefficient (Wildman–Crippen LogP) is 3.33. The highest BCUT2D eigenvalue weighted by molar-refractivity contribution is 14.1. The molecule has 0 aliphatic carbocycles. The van der Waals surface area contributed by atoms with E-state index in [2.05, 4.69) is 22.6 Å². The molecule has 0 fully saturated rings. The van der Waals surface area contributed by atoms with Crippen LogP contribution in [0.5, 0.6) is 11.5 Å². The highest BCUT2D eigenvalue weighted by Gasteiger charge is 2.14. The Balaban J connectivity index is 2.28. The van der Waals surface area contributed by atoms with Crippen LogP contribution in [0.3, 0.4) is 0 Å². The van der Waals surface area contributed by atoms with Gasteiger partial charge >= 0.3 is 5.97 Å². The van der Waals surface area contributed by atoms with E-state index in [0.29, 0.717) is 23.2 Å². The molecule has 0 N–H and O–H groups in total. The van der Waals surface area contributed by atoms with Gasteiger partial charge in [0.25, 0.3) is 0 Å². The van der Waals surface area contributed by atoms with Crippen LogP contribution < -0.4 is 9.47 Å². The minimum absolute atomic E-state index is 0.280. The third kappa shape index (κ3) is 3.16. The first-order chi connectivity index (χ1) is 9.65. The van der Waals surface area contributed by atoms with Gasteiger partial charge in [-0.1, -0.05) is 12.1 Å². The number of benzene rings is 2. The lowest BCUT2D eigenvalue weighted by Gasteiger charge is -2.10. The summed E-state index contributed by atoms with van der Waals surface area (Å²) >= 11 is 2.07. The summed E-state index contributed by atoms with van der Waals surface area (Å²) < 4.78 is 11.2. The zero-order valence-electron chi connectivity index (χ0n) is 10.6. The van der Waals surface area contributed by atoms with Gasteiger partial charge in [0.1, 0.15) is 6.29 Å². The van der Waals surface area contributed by atoms with E-state index in [1.807, 2.05) is 12.1 Å². The smallest absolute Gasteiger partial charge is 0.344 e. The number of aldehydes is 1. The zero-order chi connectivity index (χ0) is 14.5. The molecule has 0 heterocycles. The number of ether oxygens (including phenoxy) is 2. The summed E-state index contributed by atoms with van der Waals surface area (Å²) in [6.45, 7) is 0. The average Bonchev–Trinajstić information content (AvgIpc) is 2.48. The number of methoxy groups -OCH3 is 1. The molecular weight excluding hydrogens is 371 g/mol. The molecule has 102 valence electrons. The molecule has 0 unspecified atom stereocenters. The van der Waals surface area contributed by atoms with Gasteiger partial charge in [-0.3, -0.25) is 4.79 Å². The predicted molar refractivity (Wildman–Crippen MR) is 82.5 cm³/mol. The highest BCUT2D eigenvalue weighted by Crippen LogP contribution is 2.28. The largest absolute Gasteiger partial charge is 0.493 e. The highest BCUT2D eigenvalue weighted by atomic mass is 127. The zero-order valence-corrected chi connectivity index (χ0v) is 12.8. The van der Waals surface area contributed by atoms with E-state index >= 15 is 0 Å². The molecule has 2 rings (SSSR count). The van der Waals surface area contributed by atoms with Gasteiger partial charge in [0.2, 0.25) is 0 Å². The van der Waals surface area contributed by atoms with Crippen LogP contribution >= 0.6 is 22.6 Å². The van der Waals surface area contributed by atoms with Crippen LogP contribution in [0, 0.1) is 3.57 Å². The SMILES string of the molecule is COc1cc(C=O)ccc1OC(=O)c1ccccc1I. The van der Waals surface area contributed by atoms with Crippen molar-refractivity contribution in [3.05, 3.63) is 57.2 Å². The van der Waals surface area contributed by atoms with E-state index in [1.165, 1.54) is 19.2 Å². The van der Waals surface area contributed by atoms with Crippen LogP contribution in [0.25, 0.3) is 0 Å². The third-order valence-electron chi connectivity index (χ3n) is 2.62. The Morgan fingerprint density at radius 1 is 1.15 bits per heavy atom. The van der Waals surface area contributed by atoms with E-state index < -0.39 is 5.97 Å². The number of hydrogen-bond donors (Lipinski definition) is 0. The molecule has 2 aromatic carbocycles. The van der Waals surface area contributed by atoms with Crippen LogP contribution in [-0.4, -0.2) is 19.4 Å². The Labute approximate surface area is 129 Å². The van der Waals surface area contributed by atoms with Crippen LogP contribution in [-0.2, 0) is 0 Å². The van der Waals surface area contributed by atoms with E-state index in [0.717, 1.165) is 3.57 Å². The lowest BCUT2D eigenvalue weighted by molar-refractivity contribution is 0.0728. The molecule has 0 amide bonds. The fourth-order valence-electron chi connectivity index (χ4n) is 1.62. The molecule has 0 atom stereocenters. The monoisotopic (exact) mass is 382 g/mol. The summed E-state index contributed by atoms with van der Waals surface area (Å²) in [6.07, 6.45) is 0.703. The van der Waals surface area contributed by atoms with Gasteiger partial charge in [0.15, 0.2) is 11.5 Å². The fraction of sp³-hybridized carbons (Fsp3) is 0.0667. The number of carbonyl (C=O) groups excluding carboxylic acids is 2. The number of halogens is 1. The van der Waals surface area contributed by atoms with Crippen molar-refractivity contribution in [3.8, 4) is 11.5 Å². The van der Waals surface area contributed by atoms with Crippen LogP contribution in [0.4, 0.5) is 0 Å². The first-order valence-corrected chi connectivity index (χ1v) is 6.83. The first-order valence-electron chi connectivity index (χ1n) is 5.75. The van der Waals surface area contributed by atoms with Crippen molar-refractivity contribution in [3.63, 3.8) is 0 Å². The summed E-state index contributed by atoms with van der Waals surface area (Å²) in [5.74, 6) is 0.156. The van der Waals surface area contributed by atoms with E-state index in [-0.39, 0.29) is 5.75 Å². The lowest BCUT2D eigenvalue weighted by atomic mass is 10.2. The lowest BCUT2D eigenvalue weighted by Crippen LogP contribution is -2.11. The number of carbonyl (C=O) groups is 2. The quantitative estimate of drug-likeness (QED) is 0.352. The molecular formula is C15H11IO4. The molecule has 5 heteroatoms. The molecule has 0 saturated carbocycles. The molecule has 0 aliphatic heterocycles. The molecule has 0 aliphatic rings. The first kappa shape index (κ1) is 14.5. The van der Waals surface area contributed by atoms with Gasteiger partial charge < -0.3 is 9.47 Å². The normalized spacial score (nSPS) is 9.90. The summed E-state index contributed by atoms with van der Waals surface area (Å²) in [4.78, 5) is 22.8. The van der Waals surface area contributed by atoms with Crippen molar-refractivity contribution in [1.82, 2.24) is 0 Å². The Morgan fingerprint density at radius 3 is 2.55 bits per heavy atom. The van der Waals surface area contributed by atoms with Crippen molar-refractivity contribution in [2.24, 2.45) is 0 Å². The summed E-state index contributed by atoms with van der Waals surface area (Å²) in [6, 6.07) is 11.7. The van der Waals surface area contributed by atoms with Gasteiger partial charge in [0, 0.05) is 9.13 Å². The Kier molecular flexibility index (Phi) is 4.73. The van der Waals surface area contributed by atoms with Crippen molar-refractivity contribution in [1.29, 1.82) is 0 Å². The van der Waals surface area contributed by atoms with Crippen LogP contribution in [0.15, 0.2) is 42.5 Å². The molecule has 4 nitrogen and oxygen atoms in total. The second-order valence-corrected chi connectivity index (χ2v) is 5.06. The topological polar surface area (TPSA) is 52.6 Å². The molecule has 0 aromatic heterocycles. The van der Waals surface area contributed by atoms with E-state index in [9.17, 15) is 9.59 Å². The summed E-state index contributed by atoms with van der Waals surface area (Å²) in [7, 11) is 1.45. The van der Waals surface area contributed by atoms with Gasteiger partial charge in [-0.05, 0) is 52.9 Å². The number of rotatable bonds is 4. The Hall–Kier alpha value is -1.89. The average molecular weight is 382 g/mol. The third-order valence-corrected chi connectivity index (χ3v) is 3.56. The Morgan fingerprint density at radius 2 is 1.90 bits per heavy atom. The molecule has 20 heavy (non-hydrogen) atoms. The summed E-state index contributed by atoms with van der Waals surface area (Å²) in [5, 5.41) is 0. The minimum Gasteiger partial charge on any atom is -0.493 e. The maximum atomic E-state index is 12.1. The maximum Gasteiger partial charge on any atom is 0.344 e. The van der Waals surface area contributed by atoms with Crippen molar-refractivity contribution < 1.29 is 19.1 Å². The second kappa shape index (κ2) is 6.51. The van der Waals surface area contributed by atoms with Crippen LogP contribution in [0.1, 0.15) is 20.7 Å². The van der Waals surface area contributed by atoms with Crippen LogP contribution in [0.2, 0.25) is 0 Å². The molecule has 0 radical (unpaired) electrons. The summed E-state index contributed by atoms with van der Waals surface area (Å²) in [5.41, 5.74) is 0.936. The second-order valence-electron chi connectivity index (χ2n) is 3.90. The van der Waals surface area contributed by atoms with Crippen molar-refractivity contribution in [2.45, 2.75) is 0 Å². The molecule has 0 spiro atoms. The standard InChI is InChI=1S/C15H11IO4/c1-19-14-8-10(9-17)6-7-13(14)20-15(18)11-4-2-3-5-12(11)16/h2-9H,1H3. The fourth-order valence-corrected chi connectivity index (χ4v) is 2.23. The Bertz CT molecular complexity index is 652. The van der Waals surface area contributed by atoms with E-state index in [4.69, 9.17) is 9.47 Å².